The molecule has 0 aliphatic carbocycles. The number of rotatable bonds is 2. The van der Waals surface area contributed by atoms with Gasteiger partial charge in [0.25, 0.3) is 0 Å². The Kier molecular flexibility index (Phi) is 3.06. The molecule has 0 spiro atoms. The Bertz CT molecular complexity index is 494. The second-order valence-corrected chi connectivity index (χ2v) is 3.89. The van der Waals surface area contributed by atoms with Gasteiger partial charge in [-0.1, -0.05) is 30.7 Å². The number of aromatic nitrogens is 2. The Balaban J connectivity index is 2.51. The monoisotopic (exact) mass is 233 g/mol. The van der Waals surface area contributed by atoms with E-state index in [0.717, 1.165) is 28.3 Å². The summed E-state index contributed by atoms with van der Waals surface area (Å²) in [5, 5.41) is 0.721. The molecule has 16 heavy (non-hydrogen) atoms. The van der Waals surface area contributed by atoms with Crippen molar-refractivity contribution < 1.29 is 0 Å². The minimum absolute atomic E-state index is 0.314. The third-order valence-electron chi connectivity index (χ3n) is 2.38. The molecule has 0 unspecified atom stereocenters. The molecule has 2 rings (SSSR count). The Morgan fingerprint density at radius 2 is 1.94 bits per heavy atom. The number of nitrogens with zero attached hydrogens (tertiary/aromatic N) is 2. The molecule has 0 atom stereocenters. The normalized spacial score (nSPS) is 10.4. The van der Waals surface area contributed by atoms with Gasteiger partial charge in [-0.25, -0.2) is 9.97 Å². The van der Waals surface area contributed by atoms with E-state index in [-0.39, 0.29) is 0 Å². The Labute approximate surface area is 99.3 Å². The van der Waals surface area contributed by atoms with Gasteiger partial charge in [0.15, 0.2) is 0 Å². The third kappa shape index (κ3) is 2.14. The van der Waals surface area contributed by atoms with E-state index in [4.69, 9.17) is 17.3 Å². The van der Waals surface area contributed by atoms with Crippen molar-refractivity contribution in [2.75, 3.05) is 5.73 Å². The van der Waals surface area contributed by atoms with Gasteiger partial charge in [0.2, 0.25) is 5.95 Å². The van der Waals surface area contributed by atoms with Gasteiger partial charge in [-0.15, -0.1) is 0 Å². The molecule has 0 fully saturated rings. The van der Waals surface area contributed by atoms with Crippen LogP contribution >= 0.6 is 11.6 Å². The molecule has 0 aliphatic rings. The van der Waals surface area contributed by atoms with Gasteiger partial charge in [-0.2, -0.15) is 0 Å². The fraction of sp³-hybridized carbons (Fsp3) is 0.167. The molecule has 0 bridgehead atoms. The molecule has 2 N–H and O–H groups in total. The zero-order valence-electron chi connectivity index (χ0n) is 8.94. The molecule has 0 aliphatic heterocycles. The van der Waals surface area contributed by atoms with Crippen molar-refractivity contribution in [2.45, 2.75) is 13.3 Å². The first kappa shape index (κ1) is 10.9. The molecule has 0 amide bonds. The van der Waals surface area contributed by atoms with Crippen molar-refractivity contribution >= 4 is 17.5 Å². The van der Waals surface area contributed by atoms with Crippen molar-refractivity contribution in [3.63, 3.8) is 0 Å². The summed E-state index contributed by atoms with van der Waals surface area (Å²) in [6.07, 6.45) is 2.58. The molecule has 2 aromatic rings. The van der Waals surface area contributed by atoms with Crippen LogP contribution in [0, 0.1) is 0 Å². The largest absolute Gasteiger partial charge is 0.368 e. The van der Waals surface area contributed by atoms with Crippen molar-refractivity contribution in [3.8, 4) is 11.1 Å². The van der Waals surface area contributed by atoms with Gasteiger partial charge >= 0.3 is 0 Å². The summed E-state index contributed by atoms with van der Waals surface area (Å²) in [5.41, 5.74) is 8.58. The first-order valence-corrected chi connectivity index (χ1v) is 5.46. The van der Waals surface area contributed by atoms with Crippen molar-refractivity contribution in [2.24, 2.45) is 0 Å². The molecular formula is C12H12ClN3. The summed E-state index contributed by atoms with van der Waals surface area (Å²) < 4.78 is 0. The summed E-state index contributed by atoms with van der Waals surface area (Å²) in [6.45, 7) is 2.04. The Morgan fingerprint density at radius 3 is 2.56 bits per heavy atom. The van der Waals surface area contributed by atoms with Gasteiger partial charge in [0.1, 0.15) is 0 Å². The number of nitrogens with two attached hydrogens (primary N) is 1. The zero-order chi connectivity index (χ0) is 11.5. The molecular weight excluding hydrogens is 222 g/mol. The lowest BCUT2D eigenvalue weighted by molar-refractivity contribution is 1.01. The quantitative estimate of drug-likeness (QED) is 0.868. The van der Waals surface area contributed by atoms with E-state index in [1.54, 1.807) is 6.20 Å². The van der Waals surface area contributed by atoms with E-state index in [1.165, 1.54) is 0 Å². The third-order valence-corrected chi connectivity index (χ3v) is 2.63. The molecule has 4 heteroatoms. The van der Waals surface area contributed by atoms with Crippen molar-refractivity contribution in [3.05, 3.63) is 41.2 Å². The van der Waals surface area contributed by atoms with Crippen LogP contribution in [0.2, 0.25) is 5.02 Å². The van der Waals surface area contributed by atoms with Crippen LogP contribution < -0.4 is 5.73 Å². The van der Waals surface area contributed by atoms with Gasteiger partial charge in [0.05, 0.1) is 5.69 Å². The SMILES string of the molecule is CCc1nc(N)ncc1-c1ccc(Cl)cc1. The van der Waals surface area contributed by atoms with E-state index in [1.807, 2.05) is 31.2 Å². The van der Waals surface area contributed by atoms with Crippen molar-refractivity contribution in [1.82, 2.24) is 9.97 Å². The fourth-order valence-electron chi connectivity index (χ4n) is 1.57. The lowest BCUT2D eigenvalue weighted by atomic mass is 10.0. The van der Waals surface area contributed by atoms with Crippen molar-refractivity contribution in [1.29, 1.82) is 0 Å². The Hall–Kier alpha value is -1.61. The maximum atomic E-state index is 5.85. The van der Waals surface area contributed by atoms with Crippen LogP contribution in [-0.4, -0.2) is 9.97 Å². The first-order valence-electron chi connectivity index (χ1n) is 5.08. The zero-order valence-corrected chi connectivity index (χ0v) is 9.70. The highest BCUT2D eigenvalue weighted by molar-refractivity contribution is 6.30. The fourth-order valence-corrected chi connectivity index (χ4v) is 1.70. The maximum absolute atomic E-state index is 5.85. The molecule has 0 radical (unpaired) electrons. The van der Waals surface area contributed by atoms with E-state index >= 15 is 0 Å². The summed E-state index contributed by atoms with van der Waals surface area (Å²) in [5.74, 6) is 0.314. The standard InChI is InChI=1S/C12H12ClN3/c1-2-11-10(7-15-12(14)16-11)8-3-5-9(13)6-4-8/h3-7H,2H2,1H3,(H2,14,15,16). The van der Waals surface area contributed by atoms with Gasteiger partial charge in [-0.05, 0) is 24.1 Å². The van der Waals surface area contributed by atoms with Crippen LogP contribution in [0.15, 0.2) is 30.5 Å². The smallest absolute Gasteiger partial charge is 0.220 e. The number of aryl methyl sites for hydroxylation is 1. The second kappa shape index (κ2) is 4.49. The van der Waals surface area contributed by atoms with E-state index in [0.29, 0.717) is 5.95 Å². The predicted octanol–water partition coefficient (Wildman–Crippen LogP) is 2.94. The number of hydrogen-bond donors (Lipinski definition) is 1. The molecule has 82 valence electrons. The molecule has 1 heterocycles. The predicted molar refractivity (Wildman–Crippen MR) is 66.3 cm³/mol. The maximum Gasteiger partial charge on any atom is 0.220 e. The highest BCUT2D eigenvalue weighted by atomic mass is 35.5. The van der Waals surface area contributed by atoms with Gasteiger partial charge in [0, 0.05) is 16.8 Å². The van der Waals surface area contributed by atoms with Crippen LogP contribution in [0.5, 0.6) is 0 Å². The highest BCUT2D eigenvalue weighted by Crippen LogP contribution is 2.24. The van der Waals surface area contributed by atoms with Crippen LogP contribution in [0.4, 0.5) is 5.95 Å². The lowest BCUT2D eigenvalue weighted by Crippen LogP contribution is -2.00. The van der Waals surface area contributed by atoms with Crippen LogP contribution in [-0.2, 0) is 6.42 Å². The molecule has 3 nitrogen and oxygen atoms in total. The minimum Gasteiger partial charge on any atom is -0.368 e. The average molecular weight is 234 g/mol. The molecule has 0 saturated heterocycles. The number of nitrogen functional groups attached to an aromatic ring is 1. The lowest BCUT2D eigenvalue weighted by Gasteiger charge is -2.07. The molecule has 1 aromatic carbocycles. The highest BCUT2D eigenvalue weighted by Gasteiger charge is 2.06. The Morgan fingerprint density at radius 1 is 1.25 bits per heavy atom. The topological polar surface area (TPSA) is 51.8 Å². The summed E-state index contributed by atoms with van der Waals surface area (Å²) in [6, 6.07) is 7.62. The summed E-state index contributed by atoms with van der Waals surface area (Å²) in [4.78, 5) is 8.24. The van der Waals surface area contributed by atoms with Crippen LogP contribution in [0.1, 0.15) is 12.6 Å². The van der Waals surface area contributed by atoms with E-state index in [2.05, 4.69) is 9.97 Å². The van der Waals surface area contributed by atoms with E-state index in [9.17, 15) is 0 Å². The average Bonchev–Trinajstić information content (AvgIpc) is 2.30. The minimum atomic E-state index is 0.314. The summed E-state index contributed by atoms with van der Waals surface area (Å²) >= 11 is 5.85. The number of hydrogen-bond acceptors (Lipinski definition) is 3. The van der Waals surface area contributed by atoms with Gasteiger partial charge < -0.3 is 5.73 Å². The number of benzene rings is 1. The van der Waals surface area contributed by atoms with Gasteiger partial charge in [-0.3, -0.25) is 0 Å². The second-order valence-electron chi connectivity index (χ2n) is 3.45. The van der Waals surface area contributed by atoms with Crippen LogP contribution in [0.25, 0.3) is 11.1 Å². The van der Waals surface area contributed by atoms with E-state index < -0.39 is 0 Å². The molecule has 0 saturated carbocycles. The number of anilines is 1. The van der Waals surface area contributed by atoms with Crippen LogP contribution in [0.3, 0.4) is 0 Å². The molecule has 1 aromatic heterocycles. The number of halogens is 1. The first-order chi connectivity index (χ1) is 7.70. The summed E-state index contributed by atoms with van der Waals surface area (Å²) in [7, 11) is 0.